The summed E-state index contributed by atoms with van der Waals surface area (Å²) in [5.74, 6) is 1.07. The summed E-state index contributed by atoms with van der Waals surface area (Å²) in [4.78, 5) is 19.7. The summed E-state index contributed by atoms with van der Waals surface area (Å²) < 4.78 is 8.14. The number of rotatable bonds is 38. The van der Waals surface area contributed by atoms with Gasteiger partial charge in [-0.1, -0.05) is 168 Å². The van der Waals surface area contributed by atoms with Crippen LogP contribution in [0.1, 0.15) is 226 Å². The zero-order valence-corrected chi connectivity index (χ0v) is 34.0. The largest absolute Gasteiger partial charge is 0.462 e. The van der Waals surface area contributed by atoms with Crippen molar-refractivity contribution < 1.29 is 14.6 Å². The minimum Gasteiger partial charge on any atom is -0.462 e. The van der Waals surface area contributed by atoms with Gasteiger partial charge in [0.1, 0.15) is 11.9 Å². The summed E-state index contributed by atoms with van der Waals surface area (Å²) >= 11 is 0. The van der Waals surface area contributed by atoms with Gasteiger partial charge in [-0.15, -0.1) is 0 Å². The topological polar surface area (TPSA) is 67.6 Å². The van der Waals surface area contributed by atoms with Gasteiger partial charge in [0.25, 0.3) is 0 Å². The molecular weight excluding hydrogens is 619 g/mol. The van der Waals surface area contributed by atoms with Crippen LogP contribution in [0.3, 0.4) is 0 Å². The van der Waals surface area contributed by atoms with E-state index in [0.29, 0.717) is 6.42 Å². The number of esters is 1. The number of aromatic nitrogens is 2. The van der Waals surface area contributed by atoms with Gasteiger partial charge < -0.3 is 14.4 Å². The molecule has 0 spiro atoms. The number of carbonyl (C=O) groups excluding carboxylic acids is 1. The van der Waals surface area contributed by atoms with Crippen molar-refractivity contribution in [3.05, 3.63) is 18.2 Å². The molecule has 1 unspecified atom stereocenters. The van der Waals surface area contributed by atoms with Crippen molar-refractivity contribution in [2.24, 2.45) is 7.05 Å². The number of carbonyl (C=O) groups is 1. The number of hydrogen-bond acceptors (Lipinski definition) is 5. The number of ether oxygens (including phenoxy) is 1. The highest BCUT2D eigenvalue weighted by Gasteiger charge is 2.16. The highest BCUT2D eigenvalue weighted by molar-refractivity contribution is 5.69. The normalized spacial score (nSPS) is 12.4. The Balaban J connectivity index is 2.31. The molecule has 0 saturated heterocycles. The van der Waals surface area contributed by atoms with Crippen LogP contribution in [0.2, 0.25) is 0 Å². The monoisotopic (exact) mass is 704 g/mol. The first-order valence-electron chi connectivity index (χ1n) is 22.1. The van der Waals surface area contributed by atoms with Crippen molar-refractivity contribution in [1.82, 2.24) is 14.5 Å². The Hall–Kier alpha value is -1.40. The van der Waals surface area contributed by atoms with Gasteiger partial charge in [-0.05, 0) is 51.5 Å². The van der Waals surface area contributed by atoms with Crippen LogP contribution >= 0.6 is 0 Å². The predicted molar refractivity (Wildman–Crippen MR) is 215 cm³/mol. The maximum Gasteiger partial charge on any atom is 0.306 e. The van der Waals surface area contributed by atoms with Crippen LogP contribution in [-0.4, -0.2) is 50.8 Å². The SMILES string of the molecule is CCCCCCCCCCCCC(O)CN(CCCCCCCC(=O)OC(CCCCCCCC)CCCCCCCC)Cc1nccn1C. The lowest BCUT2D eigenvalue weighted by molar-refractivity contribution is -0.150. The number of aliphatic hydroxyl groups excluding tert-OH is 1. The average molecular weight is 704 g/mol. The molecule has 0 aliphatic carbocycles. The van der Waals surface area contributed by atoms with Crippen LogP contribution in [0.5, 0.6) is 0 Å². The molecule has 1 heterocycles. The van der Waals surface area contributed by atoms with Gasteiger partial charge in [-0.2, -0.15) is 0 Å². The van der Waals surface area contributed by atoms with Gasteiger partial charge in [0.05, 0.1) is 12.6 Å². The molecule has 1 atom stereocenters. The molecule has 6 heteroatoms. The summed E-state index contributed by atoms with van der Waals surface area (Å²) in [6.07, 6.45) is 41.3. The Morgan fingerprint density at radius 1 is 0.660 bits per heavy atom. The molecule has 0 fully saturated rings. The van der Waals surface area contributed by atoms with E-state index >= 15 is 0 Å². The Labute approximate surface area is 311 Å². The van der Waals surface area contributed by atoms with E-state index in [2.05, 4.69) is 42.3 Å². The zero-order chi connectivity index (χ0) is 36.3. The predicted octanol–water partition coefficient (Wildman–Crippen LogP) is 12.6. The van der Waals surface area contributed by atoms with Gasteiger partial charge in [-0.3, -0.25) is 9.69 Å². The number of aryl methyl sites for hydroxylation is 1. The first-order valence-corrected chi connectivity index (χ1v) is 22.1. The average Bonchev–Trinajstić information content (AvgIpc) is 3.51. The number of aliphatic hydroxyl groups is 1. The van der Waals surface area contributed by atoms with Crippen LogP contribution in [0.25, 0.3) is 0 Å². The minimum absolute atomic E-state index is 0.0182. The second-order valence-corrected chi connectivity index (χ2v) is 15.6. The van der Waals surface area contributed by atoms with E-state index in [4.69, 9.17) is 4.74 Å². The van der Waals surface area contributed by atoms with E-state index < -0.39 is 0 Å². The van der Waals surface area contributed by atoms with Gasteiger partial charge in [0.2, 0.25) is 0 Å². The highest BCUT2D eigenvalue weighted by Crippen LogP contribution is 2.19. The zero-order valence-electron chi connectivity index (χ0n) is 34.0. The molecule has 0 aliphatic rings. The summed E-state index contributed by atoms with van der Waals surface area (Å²) in [5.41, 5.74) is 0. The van der Waals surface area contributed by atoms with Crippen molar-refractivity contribution in [2.45, 2.75) is 239 Å². The van der Waals surface area contributed by atoms with Crippen LogP contribution in [0.15, 0.2) is 12.4 Å². The Kier molecular flexibility index (Phi) is 32.3. The quantitative estimate of drug-likeness (QED) is 0.0548. The summed E-state index contributed by atoms with van der Waals surface area (Å²) in [5, 5.41) is 10.9. The third-order valence-corrected chi connectivity index (χ3v) is 10.6. The van der Waals surface area contributed by atoms with E-state index in [1.807, 2.05) is 12.4 Å². The Morgan fingerprint density at radius 2 is 1.10 bits per heavy atom. The fraction of sp³-hybridized carbons (Fsp3) is 0.909. The third-order valence-electron chi connectivity index (χ3n) is 10.6. The molecule has 0 saturated carbocycles. The molecule has 294 valence electrons. The molecule has 1 rings (SSSR count). The number of unbranched alkanes of at least 4 members (excludes halogenated alkanes) is 23. The summed E-state index contributed by atoms with van der Waals surface area (Å²) in [6.45, 7) is 9.28. The standard InChI is InChI=1S/C44H85N3O3/c1-5-8-11-14-17-18-19-20-22-27-32-41(48)39-47(40-43-45-36-38-46(43)4)37-31-26-21-25-30-35-44(49)50-42(33-28-23-15-12-9-6-2)34-29-24-16-13-10-7-3/h36,38,41-42,48H,5-35,37,39-40H2,1-4H3. The third kappa shape index (κ3) is 28.2. The lowest BCUT2D eigenvalue weighted by atomic mass is 10.0. The van der Waals surface area contributed by atoms with Gasteiger partial charge >= 0.3 is 5.97 Å². The molecule has 0 aromatic carbocycles. The van der Waals surface area contributed by atoms with E-state index in [-0.39, 0.29) is 18.2 Å². The van der Waals surface area contributed by atoms with Crippen molar-refractivity contribution >= 4 is 5.97 Å². The number of nitrogens with zero attached hydrogens (tertiary/aromatic N) is 3. The summed E-state index contributed by atoms with van der Waals surface area (Å²) in [6, 6.07) is 0. The second kappa shape index (κ2) is 34.7. The van der Waals surface area contributed by atoms with Crippen molar-refractivity contribution in [3.63, 3.8) is 0 Å². The first-order chi connectivity index (χ1) is 24.5. The Morgan fingerprint density at radius 3 is 1.58 bits per heavy atom. The summed E-state index contributed by atoms with van der Waals surface area (Å²) in [7, 11) is 2.05. The Bertz CT molecular complexity index is 843. The van der Waals surface area contributed by atoms with Gasteiger partial charge in [-0.25, -0.2) is 4.98 Å². The maximum absolute atomic E-state index is 12.8. The molecule has 1 N–H and O–H groups in total. The molecular formula is C44H85N3O3. The lowest BCUT2D eigenvalue weighted by Gasteiger charge is -2.25. The van der Waals surface area contributed by atoms with E-state index in [1.54, 1.807) is 0 Å². The molecule has 1 aromatic heterocycles. The van der Waals surface area contributed by atoms with Crippen molar-refractivity contribution in [2.75, 3.05) is 13.1 Å². The molecule has 50 heavy (non-hydrogen) atoms. The molecule has 0 amide bonds. The van der Waals surface area contributed by atoms with E-state index in [1.165, 1.54) is 135 Å². The van der Waals surface area contributed by atoms with E-state index in [0.717, 1.165) is 83.2 Å². The van der Waals surface area contributed by atoms with Crippen LogP contribution < -0.4 is 0 Å². The van der Waals surface area contributed by atoms with Gasteiger partial charge in [0, 0.05) is 32.4 Å². The molecule has 0 aliphatic heterocycles. The second-order valence-electron chi connectivity index (χ2n) is 15.6. The van der Waals surface area contributed by atoms with Crippen LogP contribution in [-0.2, 0) is 23.1 Å². The maximum atomic E-state index is 12.8. The molecule has 0 bridgehead atoms. The molecule has 1 aromatic rings. The molecule has 6 nitrogen and oxygen atoms in total. The first kappa shape index (κ1) is 46.6. The highest BCUT2D eigenvalue weighted by atomic mass is 16.5. The molecule has 0 radical (unpaired) electrons. The fourth-order valence-corrected chi connectivity index (χ4v) is 7.19. The minimum atomic E-state index is -0.277. The van der Waals surface area contributed by atoms with Crippen LogP contribution in [0.4, 0.5) is 0 Å². The lowest BCUT2D eigenvalue weighted by Crippen LogP contribution is -2.33. The van der Waals surface area contributed by atoms with Crippen molar-refractivity contribution in [3.8, 4) is 0 Å². The smallest absolute Gasteiger partial charge is 0.306 e. The number of hydrogen-bond donors (Lipinski definition) is 1. The van der Waals surface area contributed by atoms with E-state index in [9.17, 15) is 9.90 Å². The van der Waals surface area contributed by atoms with Gasteiger partial charge in [0.15, 0.2) is 0 Å². The number of imidazole rings is 1. The van der Waals surface area contributed by atoms with Crippen molar-refractivity contribution in [1.29, 1.82) is 0 Å². The van der Waals surface area contributed by atoms with Crippen LogP contribution in [0, 0.1) is 0 Å². The fourth-order valence-electron chi connectivity index (χ4n) is 7.19.